The number of amides is 3. The zero-order valence-electron chi connectivity index (χ0n) is 28.1. The Hall–Kier alpha value is -3.10. The van der Waals surface area contributed by atoms with Crippen molar-refractivity contribution in [1.29, 1.82) is 0 Å². The Labute approximate surface area is 296 Å². The van der Waals surface area contributed by atoms with Crippen molar-refractivity contribution in [3.05, 3.63) is 61.2 Å². The molecule has 4 saturated heterocycles. The lowest BCUT2D eigenvalue weighted by atomic mass is 9.70. The first-order valence-corrected chi connectivity index (χ1v) is 18.2. The second kappa shape index (κ2) is 17.2. The van der Waals surface area contributed by atoms with Crippen LogP contribution in [0.4, 0.5) is 0 Å². The molecule has 13 heteroatoms. The summed E-state index contributed by atoms with van der Waals surface area (Å²) in [7, 11) is 0. The molecule has 1 aromatic rings. The molecule has 4 fully saturated rings. The summed E-state index contributed by atoms with van der Waals surface area (Å²) in [4.78, 5) is 61.0. The fraction of sp³-hybridized carbons (Fsp3) is 0.611. The minimum Gasteiger partial charge on any atom is -0.455 e. The van der Waals surface area contributed by atoms with Crippen molar-refractivity contribution in [2.75, 3.05) is 65.6 Å². The molecule has 4 aliphatic rings. The van der Waals surface area contributed by atoms with E-state index in [2.05, 4.69) is 39.3 Å². The van der Waals surface area contributed by atoms with Crippen LogP contribution in [0.2, 0.25) is 0 Å². The minimum atomic E-state index is -1.24. The van der Waals surface area contributed by atoms with Crippen LogP contribution in [0, 0.1) is 11.8 Å². The number of morpholine rings is 1. The van der Waals surface area contributed by atoms with Gasteiger partial charge >= 0.3 is 5.97 Å². The summed E-state index contributed by atoms with van der Waals surface area (Å²) >= 11 is 3.73. The second-order valence-electron chi connectivity index (χ2n) is 13.1. The number of ether oxygens (including phenoxy) is 3. The molecule has 3 amide bonds. The van der Waals surface area contributed by atoms with E-state index >= 15 is 0 Å². The van der Waals surface area contributed by atoms with E-state index in [1.165, 1.54) is 0 Å². The van der Waals surface area contributed by atoms with E-state index in [1.807, 2.05) is 30.3 Å². The Morgan fingerprint density at radius 3 is 2.59 bits per heavy atom. The van der Waals surface area contributed by atoms with Gasteiger partial charge in [-0.1, -0.05) is 58.4 Å². The van der Waals surface area contributed by atoms with Crippen LogP contribution >= 0.6 is 15.9 Å². The standard InChI is InChI=1S/C36H49BrN4O8/c1-3-5-13-28(43)38-24-27(25-11-7-6-8-12-25)48-35(46)29-30-33(44)41(15-9-10-20-42)32(36(30)23-26(37)31(29)49-36)34(45)40(14-4-2)17-16-39-18-21-47-22-19-39/h3-4,6-8,11-12,26-27,29-32,42H,1-2,5,9-10,13-24H2,(H,38,43)/t26?,27-,29+,30-,31+,32+,36-/m1/s1. The molecule has 1 spiro atoms. The average Bonchev–Trinajstić information content (AvgIpc) is 3.71. The van der Waals surface area contributed by atoms with Crippen LogP contribution < -0.4 is 5.32 Å². The molecule has 2 N–H and O–H groups in total. The van der Waals surface area contributed by atoms with Crippen LogP contribution in [0.3, 0.4) is 0 Å². The Morgan fingerprint density at radius 2 is 1.90 bits per heavy atom. The molecular formula is C36H49BrN4O8. The topological polar surface area (TPSA) is 138 Å². The predicted octanol–water partition coefficient (Wildman–Crippen LogP) is 2.22. The molecule has 7 atom stereocenters. The zero-order valence-corrected chi connectivity index (χ0v) is 29.6. The summed E-state index contributed by atoms with van der Waals surface area (Å²) in [5.74, 6) is -3.25. The summed E-state index contributed by atoms with van der Waals surface area (Å²) in [6.45, 7) is 12.0. The lowest BCUT2D eigenvalue weighted by molar-refractivity contribution is -0.160. The number of hydrogen-bond acceptors (Lipinski definition) is 9. The third kappa shape index (κ3) is 8.12. The number of unbranched alkanes of at least 4 members (excludes halogenated alkanes) is 1. The van der Waals surface area contributed by atoms with E-state index in [1.54, 1.807) is 22.0 Å². The molecule has 1 unspecified atom stereocenters. The smallest absolute Gasteiger partial charge is 0.313 e. The molecule has 0 saturated carbocycles. The van der Waals surface area contributed by atoms with Crippen LogP contribution in [-0.4, -0.2) is 132 Å². The number of nitrogens with zero attached hydrogens (tertiary/aromatic N) is 3. The molecule has 0 radical (unpaired) electrons. The number of alkyl halides is 1. The van der Waals surface area contributed by atoms with Gasteiger partial charge in [0, 0.05) is 57.1 Å². The maximum absolute atomic E-state index is 14.6. The van der Waals surface area contributed by atoms with Crippen molar-refractivity contribution in [2.45, 2.75) is 60.8 Å². The maximum atomic E-state index is 14.6. The number of rotatable bonds is 18. The molecule has 1 aromatic carbocycles. The predicted molar refractivity (Wildman–Crippen MR) is 185 cm³/mol. The quantitative estimate of drug-likeness (QED) is 0.100. The summed E-state index contributed by atoms with van der Waals surface area (Å²) in [5, 5.41) is 12.4. The van der Waals surface area contributed by atoms with Crippen molar-refractivity contribution in [1.82, 2.24) is 20.0 Å². The first-order valence-electron chi connectivity index (χ1n) is 17.3. The number of carbonyl (C=O) groups is 4. The molecular weight excluding hydrogens is 696 g/mol. The Bertz CT molecular complexity index is 1340. The van der Waals surface area contributed by atoms with Gasteiger partial charge in [-0.15, -0.1) is 13.2 Å². The largest absolute Gasteiger partial charge is 0.455 e. The number of aliphatic hydroxyl groups excluding tert-OH is 1. The van der Waals surface area contributed by atoms with Gasteiger partial charge in [-0.2, -0.15) is 0 Å². The molecule has 2 bridgehead atoms. The van der Waals surface area contributed by atoms with E-state index in [4.69, 9.17) is 14.2 Å². The Balaban J connectivity index is 1.41. The van der Waals surface area contributed by atoms with Gasteiger partial charge in [0.15, 0.2) is 0 Å². The summed E-state index contributed by atoms with van der Waals surface area (Å²) in [6.07, 6.45) is 3.97. The Kier molecular flexibility index (Phi) is 13.1. The van der Waals surface area contributed by atoms with Gasteiger partial charge < -0.3 is 34.4 Å². The van der Waals surface area contributed by atoms with E-state index in [9.17, 15) is 24.3 Å². The van der Waals surface area contributed by atoms with Crippen LogP contribution in [0.5, 0.6) is 0 Å². The highest BCUT2D eigenvalue weighted by Gasteiger charge is 2.77. The fourth-order valence-corrected chi connectivity index (χ4v) is 8.60. The van der Waals surface area contributed by atoms with E-state index in [0.29, 0.717) is 64.1 Å². The third-order valence-corrected chi connectivity index (χ3v) is 10.9. The van der Waals surface area contributed by atoms with Crippen molar-refractivity contribution < 1.29 is 38.5 Å². The first-order chi connectivity index (χ1) is 23.7. The highest BCUT2D eigenvalue weighted by atomic mass is 79.9. The van der Waals surface area contributed by atoms with Gasteiger partial charge in [0.1, 0.15) is 17.7 Å². The van der Waals surface area contributed by atoms with Crippen molar-refractivity contribution in [3.8, 4) is 0 Å². The lowest BCUT2D eigenvalue weighted by Crippen LogP contribution is -2.57. The number of aliphatic hydroxyl groups is 1. The maximum Gasteiger partial charge on any atom is 0.313 e. The van der Waals surface area contributed by atoms with Gasteiger partial charge in [0.05, 0.1) is 37.7 Å². The SMILES string of the molecule is C=CCCC(=O)NC[C@@H](OC(=O)[C@@H]1[C@H]2O[C@@]3(CC2Br)[C@H](C(=O)N(CC=C)CCN2CCOCC2)N(CCCCO)C(=O)[C@@H]13)c1ccccc1. The van der Waals surface area contributed by atoms with Crippen molar-refractivity contribution in [2.24, 2.45) is 11.8 Å². The molecule has 12 nitrogen and oxygen atoms in total. The zero-order chi connectivity index (χ0) is 35.0. The number of benzene rings is 1. The molecule has 0 aliphatic carbocycles. The number of allylic oxidation sites excluding steroid dienone is 1. The van der Waals surface area contributed by atoms with Gasteiger partial charge in [-0.05, 0) is 31.2 Å². The molecule has 49 heavy (non-hydrogen) atoms. The molecule has 5 rings (SSSR count). The highest BCUT2D eigenvalue weighted by molar-refractivity contribution is 9.09. The van der Waals surface area contributed by atoms with Gasteiger partial charge in [-0.3, -0.25) is 24.1 Å². The molecule has 0 aromatic heterocycles. The third-order valence-electron chi connectivity index (χ3n) is 10.0. The highest BCUT2D eigenvalue weighted by Crippen LogP contribution is 2.60. The average molecular weight is 746 g/mol. The van der Waals surface area contributed by atoms with E-state index < -0.39 is 41.7 Å². The van der Waals surface area contributed by atoms with Crippen molar-refractivity contribution >= 4 is 39.6 Å². The van der Waals surface area contributed by atoms with Crippen molar-refractivity contribution in [3.63, 3.8) is 0 Å². The lowest BCUT2D eigenvalue weighted by Gasteiger charge is -2.38. The molecule has 268 valence electrons. The van der Waals surface area contributed by atoms with Gasteiger partial charge in [0.2, 0.25) is 17.7 Å². The number of halogens is 1. The Morgan fingerprint density at radius 1 is 1.14 bits per heavy atom. The molecule has 4 heterocycles. The minimum absolute atomic E-state index is 0.0423. The normalized spacial score (nSPS) is 28.2. The summed E-state index contributed by atoms with van der Waals surface area (Å²) in [5.41, 5.74) is -0.541. The first kappa shape index (κ1) is 37.2. The van der Waals surface area contributed by atoms with Crippen LogP contribution in [-0.2, 0) is 33.4 Å². The van der Waals surface area contributed by atoms with Crippen LogP contribution in [0.25, 0.3) is 0 Å². The number of esters is 1. The van der Waals surface area contributed by atoms with Gasteiger partial charge in [-0.25, -0.2) is 0 Å². The number of likely N-dealkylation sites (tertiary alicyclic amines) is 1. The van der Waals surface area contributed by atoms with Gasteiger partial charge in [0.25, 0.3) is 0 Å². The second-order valence-corrected chi connectivity index (χ2v) is 14.3. The number of hydrogen-bond donors (Lipinski definition) is 2. The molecule has 4 aliphatic heterocycles. The number of fused-ring (bicyclic) bond motifs is 1. The van der Waals surface area contributed by atoms with Crippen LogP contribution in [0.1, 0.15) is 43.8 Å². The fourth-order valence-electron chi connectivity index (χ4n) is 7.66. The summed E-state index contributed by atoms with van der Waals surface area (Å²) < 4.78 is 18.3. The monoisotopic (exact) mass is 744 g/mol. The van der Waals surface area contributed by atoms with Crippen LogP contribution in [0.15, 0.2) is 55.6 Å². The number of carbonyl (C=O) groups excluding carboxylic acids is 4. The van der Waals surface area contributed by atoms with E-state index in [0.717, 1.165) is 13.1 Å². The number of nitrogens with one attached hydrogen (secondary N) is 1. The van der Waals surface area contributed by atoms with E-state index in [-0.39, 0.29) is 48.7 Å². The summed E-state index contributed by atoms with van der Waals surface area (Å²) in [6, 6.07) is 8.20.